The van der Waals surface area contributed by atoms with Crippen molar-refractivity contribution in [1.29, 1.82) is 0 Å². The van der Waals surface area contributed by atoms with Gasteiger partial charge >= 0.3 is 5.97 Å². The summed E-state index contributed by atoms with van der Waals surface area (Å²) in [7, 11) is 0. The number of fused-ring (bicyclic) bond motifs is 2. The highest BCUT2D eigenvalue weighted by molar-refractivity contribution is 6.32. The van der Waals surface area contributed by atoms with Crippen molar-refractivity contribution >= 4 is 34.3 Å². The monoisotopic (exact) mass is 399 g/mol. The molecule has 4 rings (SSSR count). The number of hydrogen-bond acceptors (Lipinski definition) is 5. The minimum Gasteiger partial charge on any atom is -0.486 e. The number of benzene rings is 2. The van der Waals surface area contributed by atoms with Crippen molar-refractivity contribution in [1.82, 2.24) is 4.98 Å². The van der Waals surface area contributed by atoms with Gasteiger partial charge in [-0.25, -0.2) is 0 Å². The summed E-state index contributed by atoms with van der Waals surface area (Å²) in [4.78, 5) is 28.1. The van der Waals surface area contributed by atoms with Crippen molar-refractivity contribution in [2.45, 2.75) is 19.4 Å². The summed E-state index contributed by atoms with van der Waals surface area (Å²) in [6.07, 6.45) is 0.708. The second-order valence-corrected chi connectivity index (χ2v) is 6.93. The van der Waals surface area contributed by atoms with Crippen molar-refractivity contribution in [3.8, 4) is 11.5 Å². The van der Waals surface area contributed by atoms with E-state index in [4.69, 9.17) is 25.8 Å². The number of esters is 1. The Bertz CT molecular complexity index is 1060. The van der Waals surface area contributed by atoms with E-state index in [1.165, 1.54) is 0 Å². The van der Waals surface area contributed by atoms with Crippen molar-refractivity contribution in [2.75, 3.05) is 13.2 Å². The van der Waals surface area contributed by atoms with E-state index in [2.05, 4.69) is 4.98 Å². The highest BCUT2D eigenvalue weighted by Crippen LogP contribution is 2.38. The molecule has 1 N–H and O–H groups in total. The summed E-state index contributed by atoms with van der Waals surface area (Å²) in [6.45, 7) is 2.42. The van der Waals surface area contributed by atoms with E-state index in [9.17, 15) is 9.59 Å². The number of ether oxygens (including phenoxy) is 3. The number of carbonyl (C=O) groups is 2. The lowest BCUT2D eigenvalue weighted by Crippen LogP contribution is -2.25. The van der Waals surface area contributed by atoms with Crippen LogP contribution >= 0.6 is 11.6 Å². The lowest BCUT2D eigenvalue weighted by molar-refractivity contribution is -0.145. The molecule has 0 bridgehead atoms. The van der Waals surface area contributed by atoms with Crippen LogP contribution in [-0.2, 0) is 16.0 Å². The Morgan fingerprint density at radius 3 is 2.86 bits per heavy atom. The van der Waals surface area contributed by atoms with E-state index in [0.29, 0.717) is 40.9 Å². The third kappa shape index (κ3) is 3.55. The first kappa shape index (κ1) is 18.4. The number of rotatable bonds is 5. The average molecular weight is 400 g/mol. The standard InChI is InChI=1S/C21H18ClNO5/c1-12(20(25)15-11-23-17-5-3-2-4-14(15)17)28-19(24)10-13-8-16(22)21-18(9-13)26-6-7-27-21/h2-5,8-9,11-12,23H,6-7,10H2,1H3/t12-/m0/s1. The molecular weight excluding hydrogens is 382 g/mol. The van der Waals surface area contributed by atoms with E-state index in [1.807, 2.05) is 24.3 Å². The number of ketones is 1. The SMILES string of the molecule is C[C@H](OC(=O)Cc1cc(Cl)c2c(c1)OCCO2)C(=O)c1c[nH]c2ccccc12. The van der Waals surface area contributed by atoms with E-state index in [-0.39, 0.29) is 12.2 Å². The second kappa shape index (κ2) is 7.56. The summed E-state index contributed by atoms with van der Waals surface area (Å²) in [6, 6.07) is 10.8. The Balaban J connectivity index is 1.45. The molecule has 0 aliphatic carbocycles. The van der Waals surface area contributed by atoms with Gasteiger partial charge < -0.3 is 19.2 Å². The molecule has 3 aromatic rings. The Hall–Kier alpha value is -2.99. The van der Waals surface area contributed by atoms with Crippen molar-refractivity contribution in [2.24, 2.45) is 0 Å². The van der Waals surface area contributed by atoms with Gasteiger partial charge in [0.25, 0.3) is 0 Å². The number of para-hydroxylation sites is 1. The predicted molar refractivity (Wildman–Crippen MR) is 104 cm³/mol. The molecule has 0 fully saturated rings. The van der Waals surface area contributed by atoms with Gasteiger partial charge in [0.05, 0.1) is 11.4 Å². The molecule has 0 amide bonds. The van der Waals surface area contributed by atoms with E-state index < -0.39 is 12.1 Å². The molecule has 2 heterocycles. The molecule has 1 atom stereocenters. The maximum Gasteiger partial charge on any atom is 0.310 e. The molecule has 1 aliphatic heterocycles. The topological polar surface area (TPSA) is 77.6 Å². The predicted octanol–water partition coefficient (Wildman–Crippen LogP) is 3.95. The Labute approximate surface area is 166 Å². The van der Waals surface area contributed by atoms with Gasteiger partial charge in [-0.3, -0.25) is 9.59 Å². The maximum absolute atomic E-state index is 12.7. The molecule has 0 saturated carbocycles. The third-order valence-corrected chi connectivity index (χ3v) is 4.82. The molecule has 0 spiro atoms. The fraction of sp³-hybridized carbons (Fsp3) is 0.238. The fourth-order valence-corrected chi connectivity index (χ4v) is 3.51. The molecular formula is C21H18ClNO5. The largest absolute Gasteiger partial charge is 0.486 e. The number of aromatic amines is 1. The number of nitrogens with one attached hydrogen (secondary N) is 1. The molecule has 2 aromatic carbocycles. The molecule has 144 valence electrons. The highest BCUT2D eigenvalue weighted by atomic mass is 35.5. The van der Waals surface area contributed by atoms with Gasteiger partial charge in [0.2, 0.25) is 5.78 Å². The number of aromatic nitrogens is 1. The van der Waals surface area contributed by atoms with Gasteiger partial charge in [0.1, 0.15) is 13.2 Å². The van der Waals surface area contributed by atoms with Gasteiger partial charge in [-0.15, -0.1) is 0 Å². The van der Waals surface area contributed by atoms with Crippen molar-refractivity contribution < 1.29 is 23.8 Å². The van der Waals surface area contributed by atoms with Crippen LogP contribution in [0.15, 0.2) is 42.6 Å². The summed E-state index contributed by atoms with van der Waals surface area (Å²) in [5.41, 5.74) is 1.99. The smallest absolute Gasteiger partial charge is 0.310 e. The van der Waals surface area contributed by atoms with Crippen LogP contribution in [0.5, 0.6) is 11.5 Å². The van der Waals surface area contributed by atoms with Crippen molar-refractivity contribution in [3.05, 3.63) is 58.7 Å². The van der Waals surface area contributed by atoms with Crippen molar-refractivity contribution in [3.63, 3.8) is 0 Å². The zero-order valence-corrected chi connectivity index (χ0v) is 15.9. The highest BCUT2D eigenvalue weighted by Gasteiger charge is 2.23. The quantitative estimate of drug-likeness (QED) is 0.519. The first-order chi connectivity index (χ1) is 13.5. The number of halogens is 1. The lowest BCUT2D eigenvalue weighted by atomic mass is 10.1. The van der Waals surface area contributed by atoms with Gasteiger partial charge in [0.15, 0.2) is 17.6 Å². The maximum atomic E-state index is 12.7. The van der Waals surface area contributed by atoms with Crippen LogP contribution < -0.4 is 9.47 Å². The normalized spacial score (nSPS) is 13.9. The molecule has 0 saturated heterocycles. The minimum atomic E-state index is -0.903. The summed E-state index contributed by atoms with van der Waals surface area (Å²) < 4.78 is 16.3. The van der Waals surface area contributed by atoms with Gasteiger partial charge in [0, 0.05) is 22.7 Å². The summed E-state index contributed by atoms with van der Waals surface area (Å²) in [5.74, 6) is 0.205. The third-order valence-electron chi connectivity index (χ3n) is 4.54. The first-order valence-electron chi connectivity index (χ1n) is 8.91. The van der Waals surface area contributed by atoms with Crippen LogP contribution in [-0.4, -0.2) is 36.1 Å². The molecule has 7 heteroatoms. The minimum absolute atomic E-state index is 0.0259. The fourth-order valence-electron chi connectivity index (χ4n) is 3.22. The Kier molecular flexibility index (Phi) is 4.96. The van der Waals surface area contributed by atoms with Crippen LogP contribution in [0.3, 0.4) is 0 Å². The molecule has 0 radical (unpaired) electrons. The number of hydrogen-bond donors (Lipinski definition) is 1. The zero-order chi connectivity index (χ0) is 19.7. The number of carbonyl (C=O) groups excluding carboxylic acids is 2. The van der Waals surface area contributed by atoms with E-state index in [0.717, 1.165) is 10.9 Å². The first-order valence-corrected chi connectivity index (χ1v) is 9.28. The van der Waals surface area contributed by atoms with Crippen LogP contribution in [0.4, 0.5) is 0 Å². The van der Waals surface area contributed by atoms with Crippen LogP contribution in [0, 0.1) is 0 Å². The Morgan fingerprint density at radius 2 is 2.00 bits per heavy atom. The lowest BCUT2D eigenvalue weighted by Gasteiger charge is -2.20. The molecule has 1 aliphatic rings. The molecule has 6 nitrogen and oxygen atoms in total. The van der Waals surface area contributed by atoms with Crippen LogP contribution in [0.2, 0.25) is 5.02 Å². The summed E-state index contributed by atoms with van der Waals surface area (Å²) in [5, 5.41) is 1.18. The molecule has 1 aromatic heterocycles. The average Bonchev–Trinajstić information content (AvgIpc) is 3.11. The van der Waals surface area contributed by atoms with E-state index in [1.54, 1.807) is 25.3 Å². The van der Waals surface area contributed by atoms with Crippen LogP contribution in [0.25, 0.3) is 10.9 Å². The van der Waals surface area contributed by atoms with Gasteiger partial charge in [-0.2, -0.15) is 0 Å². The second-order valence-electron chi connectivity index (χ2n) is 6.52. The number of H-pyrrole nitrogens is 1. The van der Waals surface area contributed by atoms with Gasteiger partial charge in [-0.05, 0) is 30.7 Å². The van der Waals surface area contributed by atoms with Crippen LogP contribution in [0.1, 0.15) is 22.8 Å². The molecule has 0 unspecified atom stereocenters. The van der Waals surface area contributed by atoms with Gasteiger partial charge in [-0.1, -0.05) is 29.8 Å². The van der Waals surface area contributed by atoms with E-state index >= 15 is 0 Å². The summed E-state index contributed by atoms with van der Waals surface area (Å²) >= 11 is 6.20. The zero-order valence-electron chi connectivity index (χ0n) is 15.2. The Morgan fingerprint density at radius 1 is 1.21 bits per heavy atom. The molecule has 28 heavy (non-hydrogen) atoms. The number of Topliss-reactive ketones (excluding diaryl/α,β-unsaturated/α-hetero) is 1.